The van der Waals surface area contributed by atoms with Crippen molar-refractivity contribution in [1.29, 1.82) is 0 Å². The Bertz CT molecular complexity index is 746. The number of hydrogen-bond acceptors (Lipinski definition) is 5. The molecule has 0 aliphatic carbocycles. The fraction of sp³-hybridized carbons (Fsp3) is 0.450. The zero-order valence-corrected chi connectivity index (χ0v) is 15.6. The van der Waals surface area contributed by atoms with Crippen molar-refractivity contribution in [1.82, 2.24) is 15.5 Å². The number of rotatable bonds is 5. The third-order valence-electron chi connectivity index (χ3n) is 4.58. The van der Waals surface area contributed by atoms with Gasteiger partial charge in [0.05, 0.1) is 18.7 Å². The Hall–Kier alpha value is -2.63. The molecule has 2 heterocycles. The third-order valence-corrected chi connectivity index (χ3v) is 4.58. The number of methoxy groups -OCH3 is 1. The van der Waals surface area contributed by atoms with Crippen LogP contribution in [0.3, 0.4) is 0 Å². The van der Waals surface area contributed by atoms with E-state index in [4.69, 9.17) is 4.74 Å². The van der Waals surface area contributed by atoms with Crippen LogP contribution in [0.5, 0.6) is 5.75 Å². The average Bonchev–Trinajstić information content (AvgIpc) is 2.67. The molecule has 0 radical (unpaired) electrons. The van der Waals surface area contributed by atoms with Gasteiger partial charge in [-0.1, -0.05) is 12.1 Å². The third kappa shape index (κ3) is 4.12. The minimum absolute atomic E-state index is 0.00171. The van der Waals surface area contributed by atoms with Gasteiger partial charge in [0.15, 0.2) is 5.82 Å². The molecule has 6 nitrogen and oxygen atoms in total. The van der Waals surface area contributed by atoms with E-state index in [0.29, 0.717) is 6.54 Å². The highest BCUT2D eigenvalue weighted by molar-refractivity contribution is 5.79. The highest BCUT2D eigenvalue weighted by Gasteiger charge is 2.27. The minimum Gasteiger partial charge on any atom is -0.496 e. The van der Waals surface area contributed by atoms with Crippen molar-refractivity contribution in [2.45, 2.75) is 32.7 Å². The van der Waals surface area contributed by atoms with Crippen LogP contribution in [0.2, 0.25) is 0 Å². The number of benzene rings is 1. The predicted octanol–water partition coefficient (Wildman–Crippen LogP) is 2.89. The van der Waals surface area contributed by atoms with E-state index in [-0.39, 0.29) is 17.9 Å². The van der Waals surface area contributed by atoms with E-state index in [1.165, 1.54) is 0 Å². The average molecular weight is 354 g/mol. The van der Waals surface area contributed by atoms with Gasteiger partial charge in [-0.3, -0.25) is 4.79 Å². The Balaban J connectivity index is 1.73. The Morgan fingerprint density at radius 2 is 2.04 bits per heavy atom. The quantitative estimate of drug-likeness (QED) is 0.894. The summed E-state index contributed by atoms with van der Waals surface area (Å²) in [5.41, 5.74) is 1.69. The molecule has 0 spiro atoms. The largest absolute Gasteiger partial charge is 0.496 e. The number of carbonyl (C=O) groups excluding carboxylic acids is 1. The summed E-state index contributed by atoms with van der Waals surface area (Å²) < 4.78 is 5.40. The number of para-hydroxylation sites is 1. The van der Waals surface area contributed by atoms with E-state index < -0.39 is 0 Å². The summed E-state index contributed by atoms with van der Waals surface area (Å²) in [6.45, 7) is 5.55. The summed E-state index contributed by atoms with van der Waals surface area (Å²) in [6, 6.07) is 11.9. The number of hydrogen-bond donors (Lipinski definition) is 1. The highest BCUT2D eigenvalue weighted by atomic mass is 16.5. The normalized spacial score (nSPS) is 17.2. The van der Waals surface area contributed by atoms with Gasteiger partial charge in [-0.2, -0.15) is 0 Å². The van der Waals surface area contributed by atoms with Gasteiger partial charge in [-0.25, -0.2) is 0 Å². The van der Waals surface area contributed by atoms with E-state index in [1.54, 1.807) is 7.11 Å². The molecule has 1 aromatic heterocycles. The molecule has 1 fully saturated rings. The van der Waals surface area contributed by atoms with E-state index in [9.17, 15) is 4.79 Å². The minimum atomic E-state index is 0.00171. The standard InChI is InChI=1S/C20H26N4O2/c1-14(2)21-20(25)15-7-6-12-24(13-15)19-11-10-17(22-23-19)16-8-4-5-9-18(16)26-3/h4-5,8-11,14-15H,6-7,12-13H2,1-3H3,(H,21,25)/t15-/m0/s1. The molecule has 1 saturated heterocycles. The van der Waals surface area contributed by atoms with Gasteiger partial charge in [-0.15, -0.1) is 10.2 Å². The van der Waals surface area contributed by atoms with Gasteiger partial charge in [0.1, 0.15) is 5.75 Å². The summed E-state index contributed by atoms with van der Waals surface area (Å²) in [5, 5.41) is 11.8. The topological polar surface area (TPSA) is 67.3 Å². The molecule has 0 saturated carbocycles. The lowest BCUT2D eigenvalue weighted by Crippen LogP contribution is -2.45. The van der Waals surface area contributed by atoms with Crippen LogP contribution in [0.15, 0.2) is 36.4 Å². The van der Waals surface area contributed by atoms with Gasteiger partial charge in [-0.05, 0) is 51.0 Å². The summed E-state index contributed by atoms with van der Waals surface area (Å²) in [4.78, 5) is 14.5. The number of piperidine rings is 1. The Labute approximate surface area is 154 Å². The molecule has 1 aliphatic heterocycles. The maximum Gasteiger partial charge on any atom is 0.225 e. The summed E-state index contributed by atoms with van der Waals surface area (Å²) in [7, 11) is 1.65. The van der Waals surface area contributed by atoms with Crippen LogP contribution in [0.1, 0.15) is 26.7 Å². The lowest BCUT2D eigenvalue weighted by atomic mass is 9.97. The first kappa shape index (κ1) is 18.2. The highest BCUT2D eigenvalue weighted by Crippen LogP contribution is 2.29. The Morgan fingerprint density at radius 1 is 1.23 bits per heavy atom. The number of ether oxygens (including phenoxy) is 1. The summed E-state index contributed by atoms with van der Waals surface area (Å²) >= 11 is 0. The monoisotopic (exact) mass is 354 g/mol. The number of anilines is 1. The molecule has 0 bridgehead atoms. The van der Waals surface area contributed by atoms with Crippen LogP contribution >= 0.6 is 0 Å². The molecular weight excluding hydrogens is 328 g/mol. The fourth-order valence-electron chi connectivity index (χ4n) is 3.30. The molecule has 26 heavy (non-hydrogen) atoms. The second-order valence-corrected chi connectivity index (χ2v) is 6.93. The molecule has 2 aromatic rings. The Morgan fingerprint density at radius 3 is 2.73 bits per heavy atom. The first-order chi connectivity index (χ1) is 12.6. The lowest BCUT2D eigenvalue weighted by molar-refractivity contribution is -0.125. The zero-order valence-electron chi connectivity index (χ0n) is 15.6. The van der Waals surface area contributed by atoms with E-state index in [0.717, 1.165) is 42.2 Å². The number of carbonyl (C=O) groups is 1. The van der Waals surface area contributed by atoms with E-state index in [1.807, 2.05) is 50.2 Å². The van der Waals surface area contributed by atoms with Crippen molar-refractivity contribution >= 4 is 11.7 Å². The maximum absolute atomic E-state index is 12.3. The summed E-state index contributed by atoms with van der Waals surface area (Å²) in [5.74, 6) is 1.72. The first-order valence-corrected chi connectivity index (χ1v) is 9.11. The molecule has 1 aromatic carbocycles. The zero-order chi connectivity index (χ0) is 18.5. The smallest absolute Gasteiger partial charge is 0.225 e. The van der Waals surface area contributed by atoms with Crippen LogP contribution < -0.4 is 15.0 Å². The molecule has 1 atom stereocenters. The van der Waals surface area contributed by atoms with E-state index >= 15 is 0 Å². The number of nitrogens with one attached hydrogen (secondary N) is 1. The molecule has 3 rings (SSSR count). The SMILES string of the molecule is COc1ccccc1-c1ccc(N2CCC[C@H](C(=O)NC(C)C)C2)nn1. The van der Waals surface area contributed by atoms with Crippen LogP contribution in [-0.4, -0.2) is 42.3 Å². The number of aromatic nitrogens is 2. The predicted molar refractivity (Wildman–Crippen MR) is 102 cm³/mol. The van der Waals surface area contributed by atoms with E-state index in [2.05, 4.69) is 20.4 Å². The van der Waals surface area contributed by atoms with Gasteiger partial charge in [0.25, 0.3) is 0 Å². The van der Waals surface area contributed by atoms with Crippen LogP contribution in [0, 0.1) is 5.92 Å². The molecule has 1 N–H and O–H groups in total. The second kappa shape index (κ2) is 8.17. The fourth-order valence-corrected chi connectivity index (χ4v) is 3.30. The van der Waals surface area contributed by atoms with Crippen molar-refractivity contribution < 1.29 is 9.53 Å². The number of amides is 1. The van der Waals surface area contributed by atoms with Crippen molar-refractivity contribution in [3.63, 3.8) is 0 Å². The Kier molecular flexibility index (Phi) is 5.71. The van der Waals surface area contributed by atoms with Crippen molar-refractivity contribution in [3.05, 3.63) is 36.4 Å². The first-order valence-electron chi connectivity index (χ1n) is 9.11. The molecule has 138 valence electrons. The van der Waals surface area contributed by atoms with Crippen molar-refractivity contribution in [2.24, 2.45) is 5.92 Å². The van der Waals surface area contributed by atoms with Gasteiger partial charge in [0, 0.05) is 24.7 Å². The molecule has 1 aliphatic rings. The van der Waals surface area contributed by atoms with Crippen molar-refractivity contribution in [2.75, 3.05) is 25.1 Å². The second-order valence-electron chi connectivity index (χ2n) is 6.93. The molecular formula is C20H26N4O2. The molecule has 1 amide bonds. The van der Waals surface area contributed by atoms with Crippen LogP contribution in [0.4, 0.5) is 5.82 Å². The van der Waals surface area contributed by atoms with Gasteiger partial charge < -0.3 is 15.0 Å². The number of nitrogens with zero attached hydrogens (tertiary/aromatic N) is 3. The van der Waals surface area contributed by atoms with Crippen molar-refractivity contribution in [3.8, 4) is 17.0 Å². The molecule has 0 unspecified atom stereocenters. The summed E-state index contributed by atoms with van der Waals surface area (Å²) in [6.07, 6.45) is 1.90. The van der Waals surface area contributed by atoms with Gasteiger partial charge in [0.2, 0.25) is 5.91 Å². The van der Waals surface area contributed by atoms with Gasteiger partial charge >= 0.3 is 0 Å². The van der Waals surface area contributed by atoms with Crippen LogP contribution in [-0.2, 0) is 4.79 Å². The maximum atomic E-state index is 12.3. The molecule has 6 heteroatoms. The van der Waals surface area contributed by atoms with Crippen LogP contribution in [0.25, 0.3) is 11.3 Å². The lowest BCUT2D eigenvalue weighted by Gasteiger charge is -2.33.